The van der Waals surface area contributed by atoms with Crippen LogP contribution in [0.1, 0.15) is 17.5 Å². The number of rotatable bonds is 7. The predicted molar refractivity (Wildman–Crippen MR) is 72.2 cm³/mol. The van der Waals surface area contributed by atoms with Gasteiger partial charge in [-0.3, -0.25) is 0 Å². The molecule has 0 unspecified atom stereocenters. The lowest BCUT2D eigenvalue weighted by Gasteiger charge is -2.02. The maximum atomic E-state index is 12.0. The van der Waals surface area contributed by atoms with Crippen molar-refractivity contribution in [2.75, 3.05) is 6.54 Å². The summed E-state index contributed by atoms with van der Waals surface area (Å²) in [6, 6.07) is 3.30. The Morgan fingerprint density at radius 2 is 2.26 bits per heavy atom. The number of hydrogen-bond acceptors (Lipinski definition) is 6. The number of aromatic nitrogens is 1. The predicted octanol–water partition coefficient (Wildman–Crippen LogP) is 1.32. The van der Waals surface area contributed by atoms with Gasteiger partial charge in [0.15, 0.2) is 0 Å². The SMILES string of the molecule is CCNCc1cc(S(=O)(=O)NCc2ccon2)cs1. The van der Waals surface area contributed by atoms with Gasteiger partial charge in [0.25, 0.3) is 0 Å². The topological polar surface area (TPSA) is 84.2 Å². The second-order valence-corrected chi connectivity index (χ2v) is 6.61. The largest absolute Gasteiger partial charge is 0.364 e. The van der Waals surface area contributed by atoms with E-state index in [4.69, 9.17) is 0 Å². The van der Waals surface area contributed by atoms with Crippen LogP contribution in [0.5, 0.6) is 0 Å². The molecule has 0 spiro atoms. The monoisotopic (exact) mass is 301 g/mol. The highest BCUT2D eigenvalue weighted by molar-refractivity contribution is 7.89. The molecule has 0 amide bonds. The summed E-state index contributed by atoms with van der Waals surface area (Å²) in [6.07, 6.45) is 1.41. The Labute approximate surface area is 115 Å². The molecule has 2 N–H and O–H groups in total. The third kappa shape index (κ3) is 3.87. The Hall–Kier alpha value is -1.22. The molecule has 104 valence electrons. The van der Waals surface area contributed by atoms with E-state index in [1.54, 1.807) is 17.5 Å². The highest BCUT2D eigenvalue weighted by Gasteiger charge is 2.16. The van der Waals surface area contributed by atoms with Crippen LogP contribution in [0, 0.1) is 0 Å². The van der Waals surface area contributed by atoms with E-state index < -0.39 is 10.0 Å². The summed E-state index contributed by atoms with van der Waals surface area (Å²) in [6.45, 7) is 3.66. The minimum Gasteiger partial charge on any atom is -0.364 e. The highest BCUT2D eigenvalue weighted by Crippen LogP contribution is 2.19. The summed E-state index contributed by atoms with van der Waals surface area (Å²) in [5.74, 6) is 0. The first kappa shape index (κ1) is 14.2. The molecule has 0 radical (unpaired) electrons. The second-order valence-electron chi connectivity index (χ2n) is 3.84. The molecule has 0 saturated heterocycles. The lowest BCUT2D eigenvalue weighted by atomic mass is 10.4. The third-order valence-electron chi connectivity index (χ3n) is 2.42. The van der Waals surface area contributed by atoms with Gasteiger partial charge in [0, 0.05) is 22.9 Å². The Bertz CT molecular complexity index is 605. The van der Waals surface area contributed by atoms with Crippen LogP contribution in [0.3, 0.4) is 0 Å². The van der Waals surface area contributed by atoms with E-state index in [0.29, 0.717) is 12.2 Å². The van der Waals surface area contributed by atoms with Crippen LogP contribution >= 0.6 is 11.3 Å². The molecule has 0 aliphatic heterocycles. The first-order valence-electron chi connectivity index (χ1n) is 5.79. The van der Waals surface area contributed by atoms with Crippen LogP contribution in [-0.2, 0) is 23.1 Å². The molecule has 2 aromatic heterocycles. The van der Waals surface area contributed by atoms with E-state index in [9.17, 15) is 8.42 Å². The molecular weight excluding hydrogens is 286 g/mol. The Morgan fingerprint density at radius 1 is 1.42 bits per heavy atom. The summed E-state index contributed by atoms with van der Waals surface area (Å²) >= 11 is 1.42. The number of sulfonamides is 1. The number of thiophene rings is 1. The van der Waals surface area contributed by atoms with Gasteiger partial charge in [-0.2, -0.15) is 0 Å². The van der Waals surface area contributed by atoms with E-state index in [2.05, 4.69) is 19.7 Å². The summed E-state index contributed by atoms with van der Waals surface area (Å²) in [5.41, 5.74) is 0.548. The average Bonchev–Trinajstić information content (AvgIpc) is 3.05. The molecule has 0 atom stereocenters. The molecule has 19 heavy (non-hydrogen) atoms. The molecule has 0 saturated carbocycles. The van der Waals surface area contributed by atoms with Gasteiger partial charge in [0.05, 0.1) is 17.1 Å². The minimum atomic E-state index is -3.49. The fourth-order valence-electron chi connectivity index (χ4n) is 1.42. The van der Waals surface area contributed by atoms with Crippen molar-refractivity contribution < 1.29 is 12.9 Å². The molecule has 2 heterocycles. The quantitative estimate of drug-likeness (QED) is 0.806. The van der Waals surface area contributed by atoms with Crippen molar-refractivity contribution in [1.29, 1.82) is 0 Å². The maximum Gasteiger partial charge on any atom is 0.241 e. The molecular formula is C11H15N3O3S2. The van der Waals surface area contributed by atoms with Crippen LogP contribution in [0.4, 0.5) is 0 Å². The smallest absolute Gasteiger partial charge is 0.241 e. The maximum absolute atomic E-state index is 12.0. The zero-order valence-electron chi connectivity index (χ0n) is 10.4. The molecule has 0 aliphatic rings. The Balaban J connectivity index is 2.00. The molecule has 6 nitrogen and oxygen atoms in total. The van der Waals surface area contributed by atoms with Crippen molar-refractivity contribution in [3.63, 3.8) is 0 Å². The van der Waals surface area contributed by atoms with Gasteiger partial charge < -0.3 is 9.84 Å². The Kier molecular flexibility index (Phi) is 4.70. The van der Waals surface area contributed by atoms with Crippen molar-refractivity contribution in [2.24, 2.45) is 0 Å². The van der Waals surface area contributed by atoms with Gasteiger partial charge in [-0.25, -0.2) is 13.1 Å². The van der Waals surface area contributed by atoms with E-state index in [0.717, 1.165) is 11.4 Å². The molecule has 8 heteroatoms. The number of nitrogens with one attached hydrogen (secondary N) is 2. The number of hydrogen-bond donors (Lipinski definition) is 2. The van der Waals surface area contributed by atoms with Gasteiger partial charge in [-0.15, -0.1) is 11.3 Å². The summed E-state index contributed by atoms with van der Waals surface area (Å²) in [5, 5.41) is 8.44. The number of nitrogens with zero attached hydrogens (tertiary/aromatic N) is 1. The van der Waals surface area contributed by atoms with Gasteiger partial charge in [0.1, 0.15) is 6.26 Å². The van der Waals surface area contributed by atoms with Gasteiger partial charge in [-0.1, -0.05) is 12.1 Å². The fraction of sp³-hybridized carbons (Fsp3) is 0.364. The van der Waals surface area contributed by atoms with E-state index in [-0.39, 0.29) is 11.4 Å². The van der Waals surface area contributed by atoms with Crippen molar-refractivity contribution in [3.05, 3.63) is 34.3 Å². The summed E-state index contributed by atoms with van der Waals surface area (Å²) < 4.78 is 31.2. The molecule has 0 aliphatic carbocycles. The Morgan fingerprint density at radius 3 is 2.95 bits per heavy atom. The van der Waals surface area contributed by atoms with Crippen LogP contribution < -0.4 is 10.0 Å². The van der Waals surface area contributed by atoms with Crippen LogP contribution in [0.25, 0.3) is 0 Å². The lowest BCUT2D eigenvalue weighted by Crippen LogP contribution is -2.23. The van der Waals surface area contributed by atoms with Crippen molar-refractivity contribution in [1.82, 2.24) is 15.2 Å². The fourth-order valence-corrected chi connectivity index (χ4v) is 3.67. The first-order chi connectivity index (χ1) is 9.12. The summed E-state index contributed by atoms with van der Waals surface area (Å²) in [7, 11) is -3.49. The van der Waals surface area contributed by atoms with Gasteiger partial charge in [-0.05, 0) is 12.6 Å². The second kappa shape index (κ2) is 6.29. The van der Waals surface area contributed by atoms with Crippen molar-refractivity contribution in [2.45, 2.75) is 24.9 Å². The van der Waals surface area contributed by atoms with E-state index in [1.807, 2.05) is 6.92 Å². The first-order valence-corrected chi connectivity index (χ1v) is 8.15. The van der Waals surface area contributed by atoms with E-state index >= 15 is 0 Å². The minimum absolute atomic E-state index is 0.122. The summed E-state index contributed by atoms with van der Waals surface area (Å²) in [4.78, 5) is 1.28. The van der Waals surface area contributed by atoms with Crippen molar-refractivity contribution in [3.8, 4) is 0 Å². The molecule has 0 aromatic carbocycles. The zero-order valence-corrected chi connectivity index (χ0v) is 12.1. The van der Waals surface area contributed by atoms with Gasteiger partial charge >= 0.3 is 0 Å². The van der Waals surface area contributed by atoms with Crippen molar-refractivity contribution >= 4 is 21.4 Å². The molecule has 2 rings (SSSR count). The van der Waals surface area contributed by atoms with Crippen LogP contribution in [0.2, 0.25) is 0 Å². The molecule has 0 bridgehead atoms. The van der Waals surface area contributed by atoms with E-state index in [1.165, 1.54) is 17.6 Å². The average molecular weight is 301 g/mol. The standard InChI is InChI=1S/C11H15N3O3S2/c1-2-12-7-10-5-11(8-18-10)19(15,16)13-6-9-3-4-17-14-9/h3-5,8,12-13H,2,6-7H2,1H3. The van der Waals surface area contributed by atoms with Crippen LogP contribution in [0.15, 0.2) is 33.2 Å². The van der Waals surface area contributed by atoms with Gasteiger partial charge in [0.2, 0.25) is 10.0 Å². The normalized spacial score (nSPS) is 11.8. The molecule has 0 fully saturated rings. The third-order valence-corrected chi connectivity index (χ3v) is 4.89. The highest BCUT2D eigenvalue weighted by atomic mass is 32.2. The lowest BCUT2D eigenvalue weighted by molar-refractivity contribution is 0.411. The molecule has 2 aromatic rings. The zero-order chi connectivity index (χ0) is 13.7. The van der Waals surface area contributed by atoms with Crippen LogP contribution in [-0.4, -0.2) is 20.1 Å².